The summed E-state index contributed by atoms with van der Waals surface area (Å²) in [5.41, 5.74) is 1.99. The van der Waals surface area contributed by atoms with Crippen LogP contribution in [0.2, 0.25) is 10.0 Å². The topological polar surface area (TPSA) is 50.8 Å². The Kier molecular flexibility index (Phi) is 5.89. The third kappa shape index (κ3) is 4.18. The van der Waals surface area contributed by atoms with Gasteiger partial charge in [-0.05, 0) is 48.1 Å². The van der Waals surface area contributed by atoms with Crippen LogP contribution in [0.15, 0.2) is 42.1 Å². The number of thiocarbonyl (C=S) groups is 1. The van der Waals surface area contributed by atoms with Gasteiger partial charge in [0.1, 0.15) is 18.1 Å². The van der Waals surface area contributed by atoms with Crippen molar-refractivity contribution in [2.24, 2.45) is 0 Å². The SMILES string of the molecule is COc1ccc(/C=C2/NC(=S)N(C)C2=O)cc1COc1c(Cl)cccc1Cl. The fourth-order valence-corrected chi connectivity index (χ4v) is 3.26. The van der Waals surface area contributed by atoms with Crippen LogP contribution < -0.4 is 14.8 Å². The number of hydrogen-bond donors (Lipinski definition) is 1. The number of hydrogen-bond acceptors (Lipinski definition) is 4. The van der Waals surface area contributed by atoms with E-state index in [9.17, 15) is 4.79 Å². The van der Waals surface area contributed by atoms with Crippen LogP contribution in [0.25, 0.3) is 6.08 Å². The van der Waals surface area contributed by atoms with Crippen molar-refractivity contribution in [3.8, 4) is 11.5 Å². The zero-order valence-corrected chi connectivity index (χ0v) is 16.9. The summed E-state index contributed by atoms with van der Waals surface area (Å²) in [5.74, 6) is 0.876. The zero-order valence-electron chi connectivity index (χ0n) is 14.6. The van der Waals surface area contributed by atoms with Crippen LogP contribution in [0.1, 0.15) is 11.1 Å². The third-order valence-electron chi connectivity index (χ3n) is 3.99. The molecule has 5 nitrogen and oxygen atoms in total. The number of likely N-dealkylation sites (N-methyl/N-ethyl adjacent to an activating group) is 1. The Balaban J connectivity index is 1.86. The van der Waals surface area contributed by atoms with Gasteiger partial charge in [-0.15, -0.1) is 0 Å². The minimum Gasteiger partial charge on any atom is -0.496 e. The molecular weight excluding hydrogens is 407 g/mol. The van der Waals surface area contributed by atoms with Crippen molar-refractivity contribution in [2.45, 2.75) is 6.61 Å². The summed E-state index contributed by atoms with van der Waals surface area (Å²) in [5, 5.41) is 4.12. The van der Waals surface area contributed by atoms with Gasteiger partial charge in [-0.2, -0.15) is 0 Å². The van der Waals surface area contributed by atoms with Gasteiger partial charge < -0.3 is 14.8 Å². The van der Waals surface area contributed by atoms with Gasteiger partial charge >= 0.3 is 0 Å². The zero-order chi connectivity index (χ0) is 19.6. The van der Waals surface area contributed by atoms with Crippen molar-refractivity contribution >= 4 is 52.5 Å². The van der Waals surface area contributed by atoms with Crippen molar-refractivity contribution in [2.75, 3.05) is 14.2 Å². The lowest BCUT2D eigenvalue weighted by atomic mass is 10.1. The highest BCUT2D eigenvalue weighted by Crippen LogP contribution is 2.34. The molecule has 2 aromatic carbocycles. The first-order chi connectivity index (χ1) is 12.9. The van der Waals surface area contributed by atoms with E-state index in [0.29, 0.717) is 32.4 Å². The fourth-order valence-electron chi connectivity index (χ4n) is 2.56. The summed E-state index contributed by atoms with van der Waals surface area (Å²) in [6.45, 7) is 0.198. The molecule has 3 rings (SSSR count). The Morgan fingerprint density at radius 3 is 2.52 bits per heavy atom. The number of carbonyl (C=O) groups excluding carboxylic acids is 1. The lowest BCUT2D eigenvalue weighted by Gasteiger charge is -2.13. The monoisotopic (exact) mass is 422 g/mol. The van der Waals surface area contributed by atoms with Gasteiger partial charge in [0.05, 0.1) is 17.2 Å². The van der Waals surface area contributed by atoms with Gasteiger partial charge in [0.25, 0.3) is 5.91 Å². The third-order valence-corrected chi connectivity index (χ3v) is 4.96. The van der Waals surface area contributed by atoms with E-state index in [4.69, 9.17) is 44.9 Å². The Hall–Kier alpha value is -2.28. The molecule has 1 aliphatic rings. The van der Waals surface area contributed by atoms with Gasteiger partial charge in [-0.1, -0.05) is 35.3 Å². The summed E-state index contributed by atoms with van der Waals surface area (Å²) in [4.78, 5) is 13.5. The largest absolute Gasteiger partial charge is 0.496 e. The van der Waals surface area contributed by atoms with Crippen molar-refractivity contribution in [3.63, 3.8) is 0 Å². The van der Waals surface area contributed by atoms with E-state index < -0.39 is 0 Å². The quantitative estimate of drug-likeness (QED) is 0.575. The number of benzene rings is 2. The number of para-hydroxylation sites is 1. The number of nitrogens with zero attached hydrogens (tertiary/aromatic N) is 1. The van der Waals surface area contributed by atoms with Crippen LogP contribution in [-0.4, -0.2) is 30.1 Å². The van der Waals surface area contributed by atoms with Crippen LogP contribution in [0.4, 0.5) is 0 Å². The molecule has 1 N–H and O–H groups in total. The molecule has 140 valence electrons. The molecule has 27 heavy (non-hydrogen) atoms. The molecule has 0 saturated carbocycles. The molecule has 0 aromatic heterocycles. The maximum atomic E-state index is 12.1. The average molecular weight is 423 g/mol. The molecule has 1 fully saturated rings. The molecule has 0 aliphatic carbocycles. The van der Waals surface area contributed by atoms with E-state index in [0.717, 1.165) is 11.1 Å². The average Bonchev–Trinajstić information content (AvgIpc) is 2.88. The lowest BCUT2D eigenvalue weighted by Crippen LogP contribution is -2.25. The van der Waals surface area contributed by atoms with E-state index in [1.165, 1.54) is 4.90 Å². The number of carbonyl (C=O) groups is 1. The highest BCUT2D eigenvalue weighted by Gasteiger charge is 2.27. The van der Waals surface area contributed by atoms with Crippen molar-refractivity contribution in [1.29, 1.82) is 0 Å². The second-order valence-corrected chi connectivity index (χ2v) is 6.96. The van der Waals surface area contributed by atoms with Crippen molar-refractivity contribution in [3.05, 3.63) is 63.3 Å². The molecule has 1 heterocycles. The van der Waals surface area contributed by atoms with Crippen LogP contribution in [0.5, 0.6) is 11.5 Å². The molecule has 1 aliphatic heterocycles. The van der Waals surface area contributed by atoms with Gasteiger partial charge in [0.15, 0.2) is 10.9 Å². The Morgan fingerprint density at radius 2 is 1.93 bits per heavy atom. The van der Waals surface area contributed by atoms with E-state index in [1.807, 2.05) is 12.1 Å². The molecule has 2 aromatic rings. The first-order valence-corrected chi connectivity index (χ1v) is 9.11. The second kappa shape index (κ2) is 8.17. The maximum Gasteiger partial charge on any atom is 0.276 e. The predicted molar refractivity (Wildman–Crippen MR) is 110 cm³/mol. The second-order valence-electron chi connectivity index (χ2n) is 5.76. The Bertz CT molecular complexity index is 926. The Morgan fingerprint density at radius 1 is 1.22 bits per heavy atom. The van der Waals surface area contributed by atoms with Crippen LogP contribution in [0, 0.1) is 0 Å². The summed E-state index contributed by atoms with van der Waals surface area (Å²) >= 11 is 17.4. The van der Waals surface area contributed by atoms with Gasteiger partial charge in [0, 0.05) is 12.6 Å². The molecule has 1 amide bonds. The van der Waals surface area contributed by atoms with Gasteiger partial charge in [0.2, 0.25) is 0 Å². The van der Waals surface area contributed by atoms with Crippen molar-refractivity contribution < 1.29 is 14.3 Å². The minimum atomic E-state index is -0.184. The van der Waals surface area contributed by atoms with E-state index in [1.54, 1.807) is 44.5 Å². The number of rotatable bonds is 5. The highest BCUT2D eigenvalue weighted by atomic mass is 35.5. The number of halogens is 2. The molecule has 1 saturated heterocycles. The molecule has 8 heteroatoms. The van der Waals surface area contributed by atoms with E-state index in [-0.39, 0.29) is 12.5 Å². The van der Waals surface area contributed by atoms with Gasteiger partial charge in [-0.25, -0.2) is 0 Å². The first kappa shape index (κ1) is 19.5. The number of amides is 1. The molecule has 0 unspecified atom stereocenters. The molecule has 0 bridgehead atoms. The number of methoxy groups -OCH3 is 1. The normalized spacial score (nSPS) is 15.3. The summed E-state index contributed by atoms with van der Waals surface area (Å²) in [7, 11) is 3.20. The summed E-state index contributed by atoms with van der Waals surface area (Å²) in [6.07, 6.45) is 1.73. The fraction of sp³-hybridized carbons (Fsp3) is 0.158. The molecular formula is C19H16Cl2N2O3S. The number of nitrogens with one attached hydrogen (secondary N) is 1. The molecule has 0 spiro atoms. The van der Waals surface area contributed by atoms with Crippen LogP contribution in [0.3, 0.4) is 0 Å². The summed E-state index contributed by atoms with van der Waals surface area (Å²) in [6, 6.07) is 10.7. The first-order valence-electron chi connectivity index (χ1n) is 7.95. The predicted octanol–water partition coefficient (Wildman–Crippen LogP) is 4.27. The standard InChI is InChI=1S/C19H16Cl2N2O3S/c1-23-18(24)15(22-19(23)27)9-11-6-7-16(25-2)12(8-11)10-26-17-13(20)4-3-5-14(17)21/h3-9H,10H2,1-2H3,(H,22,27)/b15-9+. The summed E-state index contributed by atoms with van der Waals surface area (Å²) < 4.78 is 11.2. The number of ether oxygens (including phenoxy) is 2. The van der Waals surface area contributed by atoms with Crippen molar-refractivity contribution in [1.82, 2.24) is 10.2 Å². The molecule has 0 atom stereocenters. The highest BCUT2D eigenvalue weighted by molar-refractivity contribution is 7.80. The van der Waals surface area contributed by atoms with Gasteiger partial charge in [-0.3, -0.25) is 9.69 Å². The minimum absolute atomic E-state index is 0.184. The van der Waals surface area contributed by atoms with E-state index >= 15 is 0 Å². The maximum absolute atomic E-state index is 12.1. The lowest BCUT2D eigenvalue weighted by molar-refractivity contribution is -0.121. The molecule has 0 radical (unpaired) electrons. The van der Waals surface area contributed by atoms with E-state index in [2.05, 4.69) is 5.32 Å². The Labute approximate surface area is 172 Å². The smallest absolute Gasteiger partial charge is 0.276 e. The van der Waals surface area contributed by atoms with Crippen LogP contribution >= 0.6 is 35.4 Å². The van der Waals surface area contributed by atoms with Crippen LogP contribution in [-0.2, 0) is 11.4 Å².